The van der Waals surface area contributed by atoms with E-state index in [1.807, 2.05) is 20.0 Å². The second-order valence-corrected chi connectivity index (χ2v) is 6.52. The third-order valence-electron chi connectivity index (χ3n) is 3.33. The SMILES string of the molecule is Bc1ccnc2c1cc(C)n2S(=O)(=O)c1ccccc1. The number of pyridine rings is 1. The minimum Gasteiger partial charge on any atom is -0.237 e. The van der Waals surface area contributed by atoms with Crippen molar-refractivity contribution in [2.75, 3.05) is 0 Å². The number of hydrogen-bond acceptors (Lipinski definition) is 3. The van der Waals surface area contributed by atoms with E-state index >= 15 is 0 Å². The van der Waals surface area contributed by atoms with Crippen LogP contribution in [0.2, 0.25) is 0 Å². The lowest BCUT2D eigenvalue weighted by Crippen LogP contribution is -2.15. The largest absolute Gasteiger partial charge is 0.269 e. The molecular formula is C14H13BN2O2S. The van der Waals surface area contributed by atoms with Crippen LogP contribution >= 0.6 is 0 Å². The molecule has 6 heteroatoms. The molecule has 0 unspecified atom stereocenters. The molecule has 0 fully saturated rings. The summed E-state index contributed by atoms with van der Waals surface area (Å²) in [6.45, 7) is 1.78. The highest BCUT2D eigenvalue weighted by Crippen LogP contribution is 2.22. The van der Waals surface area contributed by atoms with Gasteiger partial charge in [-0.1, -0.05) is 23.7 Å². The van der Waals surface area contributed by atoms with Crippen LogP contribution in [0.15, 0.2) is 53.6 Å². The minimum atomic E-state index is -3.62. The highest BCUT2D eigenvalue weighted by molar-refractivity contribution is 7.90. The fourth-order valence-electron chi connectivity index (χ4n) is 2.33. The Hall–Kier alpha value is -2.08. The lowest BCUT2D eigenvalue weighted by Gasteiger charge is -2.09. The number of rotatable bonds is 2. The van der Waals surface area contributed by atoms with Gasteiger partial charge in [0.05, 0.1) is 4.90 Å². The summed E-state index contributed by atoms with van der Waals surface area (Å²) in [6.07, 6.45) is 1.63. The molecule has 2 heterocycles. The van der Waals surface area contributed by atoms with E-state index in [2.05, 4.69) is 4.98 Å². The molecule has 1 aromatic carbocycles. The standard InChI is InChI=1S/C14H13BN2O2S/c1-10-9-12-13(15)7-8-16-14(12)17(10)20(18,19)11-5-3-2-4-6-11/h2-9H,15H2,1H3. The molecule has 0 radical (unpaired) electrons. The van der Waals surface area contributed by atoms with Crippen LogP contribution in [-0.2, 0) is 10.0 Å². The lowest BCUT2D eigenvalue weighted by atomic mass is 9.94. The summed E-state index contributed by atoms with van der Waals surface area (Å²) in [5, 5.41) is 0.865. The third kappa shape index (κ3) is 1.84. The molecule has 0 saturated carbocycles. The fraction of sp³-hybridized carbons (Fsp3) is 0.0714. The number of aryl methyl sites for hydroxylation is 1. The van der Waals surface area contributed by atoms with Crippen molar-refractivity contribution in [1.29, 1.82) is 0 Å². The van der Waals surface area contributed by atoms with Crippen molar-refractivity contribution < 1.29 is 8.42 Å². The molecule has 0 bridgehead atoms. The summed E-state index contributed by atoms with van der Waals surface area (Å²) in [5.41, 5.74) is 2.15. The average Bonchev–Trinajstić information content (AvgIpc) is 2.78. The quantitative estimate of drug-likeness (QED) is 0.655. The van der Waals surface area contributed by atoms with Crippen LogP contribution in [0.1, 0.15) is 5.69 Å². The molecule has 0 aliphatic carbocycles. The Bertz CT molecular complexity index is 886. The van der Waals surface area contributed by atoms with Crippen molar-refractivity contribution >= 4 is 34.4 Å². The number of fused-ring (bicyclic) bond motifs is 1. The van der Waals surface area contributed by atoms with Gasteiger partial charge >= 0.3 is 0 Å². The van der Waals surface area contributed by atoms with Gasteiger partial charge in [0, 0.05) is 17.3 Å². The summed E-state index contributed by atoms with van der Waals surface area (Å²) in [6, 6.07) is 12.1. The first-order chi connectivity index (χ1) is 9.51. The zero-order chi connectivity index (χ0) is 14.3. The molecular weight excluding hydrogens is 271 g/mol. The molecule has 0 aliphatic rings. The Morgan fingerprint density at radius 3 is 2.55 bits per heavy atom. The van der Waals surface area contributed by atoms with Crippen LogP contribution in [0, 0.1) is 6.92 Å². The van der Waals surface area contributed by atoms with Gasteiger partial charge in [0.1, 0.15) is 7.85 Å². The first-order valence-corrected chi connectivity index (χ1v) is 7.70. The van der Waals surface area contributed by atoms with E-state index in [1.54, 1.807) is 43.5 Å². The number of aromatic nitrogens is 2. The van der Waals surface area contributed by atoms with E-state index in [0.29, 0.717) is 11.3 Å². The first kappa shape index (κ1) is 12.9. The van der Waals surface area contributed by atoms with E-state index in [1.165, 1.54) is 3.97 Å². The van der Waals surface area contributed by atoms with Gasteiger partial charge in [-0.05, 0) is 31.2 Å². The van der Waals surface area contributed by atoms with Crippen molar-refractivity contribution in [3.8, 4) is 0 Å². The maximum absolute atomic E-state index is 12.8. The Kier molecular flexibility index (Phi) is 2.90. The predicted molar refractivity (Wildman–Crippen MR) is 81.7 cm³/mol. The Morgan fingerprint density at radius 2 is 1.85 bits per heavy atom. The van der Waals surface area contributed by atoms with Crippen molar-refractivity contribution in [1.82, 2.24) is 8.96 Å². The number of hydrogen-bond donors (Lipinski definition) is 0. The summed E-state index contributed by atoms with van der Waals surface area (Å²) >= 11 is 0. The Balaban J connectivity index is 2.36. The predicted octanol–water partition coefficient (Wildman–Crippen LogP) is 0.840. The molecule has 0 N–H and O–H groups in total. The van der Waals surface area contributed by atoms with Gasteiger partial charge in [0.2, 0.25) is 0 Å². The monoisotopic (exact) mass is 284 g/mol. The van der Waals surface area contributed by atoms with Gasteiger partial charge in [-0.25, -0.2) is 17.4 Å². The summed E-state index contributed by atoms with van der Waals surface area (Å²) in [5.74, 6) is 0. The van der Waals surface area contributed by atoms with E-state index in [4.69, 9.17) is 0 Å². The van der Waals surface area contributed by atoms with E-state index in [0.717, 1.165) is 10.8 Å². The molecule has 4 nitrogen and oxygen atoms in total. The third-order valence-corrected chi connectivity index (χ3v) is 5.14. The molecule has 0 spiro atoms. The van der Waals surface area contributed by atoms with Gasteiger partial charge < -0.3 is 0 Å². The van der Waals surface area contributed by atoms with Gasteiger partial charge in [-0.3, -0.25) is 0 Å². The molecule has 0 saturated heterocycles. The Labute approximate surface area is 118 Å². The van der Waals surface area contributed by atoms with Crippen LogP contribution < -0.4 is 5.46 Å². The molecule has 0 aliphatic heterocycles. The molecule has 0 amide bonds. The van der Waals surface area contributed by atoms with Crippen molar-refractivity contribution in [2.24, 2.45) is 0 Å². The normalized spacial score (nSPS) is 11.8. The number of benzene rings is 1. The Morgan fingerprint density at radius 1 is 1.15 bits per heavy atom. The van der Waals surface area contributed by atoms with Crippen molar-refractivity contribution in [3.05, 3.63) is 54.4 Å². The molecule has 3 rings (SSSR count). The van der Waals surface area contributed by atoms with Crippen LogP contribution in [-0.4, -0.2) is 25.2 Å². The van der Waals surface area contributed by atoms with Crippen molar-refractivity contribution in [2.45, 2.75) is 11.8 Å². The second-order valence-electron chi connectivity index (χ2n) is 4.73. The highest BCUT2D eigenvalue weighted by Gasteiger charge is 2.22. The van der Waals surface area contributed by atoms with Crippen molar-refractivity contribution in [3.63, 3.8) is 0 Å². The summed E-state index contributed by atoms with van der Waals surface area (Å²) in [4.78, 5) is 4.51. The summed E-state index contributed by atoms with van der Waals surface area (Å²) in [7, 11) is -1.67. The maximum Gasteiger partial charge on any atom is 0.269 e. The molecule has 100 valence electrons. The zero-order valence-electron chi connectivity index (χ0n) is 11.2. The highest BCUT2D eigenvalue weighted by atomic mass is 32.2. The van der Waals surface area contributed by atoms with E-state index in [-0.39, 0.29) is 4.90 Å². The van der Waals surface area contributed by atoms with Gasteiger partial charge in [0.15, 0.2) is 5.65 Å². The molecule has 2 aromatic heterocycles. The first-order valence-electron chi connectivity index (χ1n) is 6.26. The fourth-order valence-corrected chi connectivity index (χ4v) is 3.85. The molecule has 0 atom stereocenters. The van der Waals surface area contributed by atoms with E-state index < -0.39 is 10.0 Å². The smallest absolute Gasteiger partial charge is 0.237 e. The molecule has 20 heavy (non-hydrogen) atoms. The van der Waals surface area contributed by atoms with Gasteiger partial charge in [-0.2, -0.15) is 0 Å². The lowest BCUT2D eigenvalue weighted by molar-refractivity contribution is 0.587. The zero-order valence-corrected chi connectivity index (χ0v) is 12.1. The number of nitrogens with zero attached hydrogens (tertiary/aromatic N) is 2. The van der Waals surface area contributed by atoms with Crippen LogP contribution in [0.25, 0.3) is 11.0 Å². The molecule has 3 aromatic rings. The maximum atomic E-state index is 12.8. The second kappa shape index (κ2) is 4.49. The van der Waals surface area contributed by atoms with Crippen LogP contribution in [0.3, 0.4) is 0 Å². The van der Waals surface area contributed by atoms with E-state index in [9.17, 15) is 8.42 Å². The van der Waals surface area contributed by atoms with Crippen LogP contribution in [0.5, 0.6) is 0 Å². The average molecular weight is 284 g/mol. The minimum absolute atomic E-state index is 0.268. The van der Waals surface area contributed by atoms with Crippen LogP contribution in [0.4, 0.5) is 0 Å². The summed E-state index contributed by atoms with van der Waals surface area (Å²) < 4.78 is 26.8. The topological polar surface area (TPSA) is 52.0 Å². The van der Waals surface area contributed by atoms with Gasteiger partial charge in [-0.15, -0.1) is 0 Å². The van der Waals surface area contributed by atoms with Gasteiger partial charge in [0.25, 0.3) is 10.0 Å².